The van der Waals surface area contributed by atoms with Crippen LogP contribution in [-0.4, -0.2) is 38.2 Å². The molecule has 1 aliphatic rings. The molecular formula is C12H13ClN2O4S. The van der Waals surface area contributed by atoms with Crippen molar-refractivity contribution >= 4 is 33.4 Å². The molecule has 0 aliphatic carbocycles. The molecule has 20 heavy (non-hydrogen) atoms. The molecule has 0 unspecified atom stereocenters. The first kappa shape index (κ1) is 15.0. The average molecular weight is 317 g/mol. The van der Waals surface area contributed by atoms with E-state index in [1.165, 1.54) is 19.2 Å². The Balaban J connectivity index is 2.31. The van der Waals surface area contributed by atoms with Gasteiger partial charge in [-0.1, -0.05) is 17.7 Å². The Kier molecular flexibility index (Phi) is 3.86. The number of nitrogens with one attached hydrogen (secondary N) is 1. The Labute approximate surface area is 121 Å². The standard InChI is InChI=1S/C12H13ClN2O4S/c1-7-8(13)4-3-5-10(7)20(18,19)14-9-6-11(16)15(2)12(9)17/h3-5,9,14H,6H2,1-2H3/t9-/m0/s1. The lowest BCUT2D eigenvalue weighted by molar-refractivity contribution is -0.137. The van der Waals surface area contributed by atoms with Crippen LogP contribution in [-0.2, 0) is 19.6 Å². The van der Waals surface area contributed by atoms with Gasteiger partial charge in [0.1, 0.15) is 6.04 Å². The normalized spacial score (nSPS) is 19.8. The summed E-state index contributed by atoms with van der Waals surface area (Å²) in [6.45, 7) is 1.57. The van der Waals surface area contributed by atoms with Gasteiger partial charge in [-0.15, -0.1) is 0 Å². The highest BCUT2D eigenvalue weighted by Crippen LogP contribution is 2.23. The summed E-state index contributed by atoms with van der Waals surface area (Å²) in [4.78, 5) is 24.0. The number of amides is 2. The van der Waals surface area contributed by atoms with Crippen molar-refractivity contribution in [3.8, 4) is 0 Å². The number of hydrogen-bond acceptors (Lipinski definition) is 4. The van der Waals surface area contributed by atoms with E-state index in [4.69, 9.17) is 11.6 Å². The van der Waals surface area contributed by atoms with Crippen LogP contribution in [0.15, 0.2) is 23.1 Å². The van der Waals surface area contributed by atoms with Crippen LogP contribution in [0.4, 0.5) is 0 Å². The number of likely N-dealkylation sites (tertiary alicyclic amines) is 1. The number of carbonyl (C=O) groups excluding carboxylic acids is 2. The Morgan fingerprint density at radius 2 is 2.00 bits per heavy atom. The van der Waals surface area contributed by atoms with Crippen LogP contribution >= 0.6 is 11.6 Å². The zero-order chi connectivity index (χ0) is 15.1. The maximum Gasteiger partial charge on any atom is 0.247 e. The molecule has 108 valence electrons. The average Bonchev–Trinajstić information content (AvgIpc) is 2.60. The van der Waals surface area contributed by atoms with E-state index in [-0.39, 0.29) is 11.3 Å². The largest absolute Gasteiger partial charge is 0.284 e. The van der Waals surface area contributed by atoms with Crippen molar-refractivity contribution < 1.29 is 18.0 Å². The van der Waals surface area contributed by atoms with E-state index in [1.54, 1.807) is 13.0 Å². The summed E-state index contributed by atoms with van der Waals surface area (Å²) >= 11 is 5.89. The van der Waals surface area contributed by atoms with Crippen molar-refractivity contribution in [2.75, 3.05) is 7.05 Å². The lowest BCUT2D eigenvalue weighted by Gasteiger charge is -2.13. The molecule has 1 heterocycles. The summed E-state index contributed by atoms with van der Waals surface area (Å²) in [5, 5.41) is 0.318. The summed E-state index contributed by atoms with van der Waals surface area (Å²) in [6, 6.07) is 3.43. The van der Waals surface area contributed by atoms with Gasteiger partial charge in [0.05, 0.1) is 11.3 Å². The summed E-state index contributed by atoms with van der Waals surface area (Å²) in [7, 11) is -2.59. The molecule has 1 aromatic carbocycles. The van der Waals surface area contributed by atoms with Crippen LogP contribution in [0, 0.1) is 6.92 Å². The maximum atomic E-state index is 12.3. The Morgan fingerprint density at radius 1 is 1.35 bits per heavy atom. The Morgan fingerprint density at radius 3 is 2.55 bits per heavy atom. The number of sulfonamides is 1. The molecule has 1 atom stereocenters. The second-order valence-corrected chi connectivity index (χ2v) is 6.62. The number of carbonyl (C=O) groups is 2. The molecule has 2 rings (SSSR count). The van der Waals surface area contributed by atoms with Crippen LogP contribution in [0.3, 0.4) is 0 Å². The molecule has 8 heteroatoms. The molecule has 2 amide bonds. The van der Waals surface area contributed by atoms with Crippen molar-refractivity contribution in [3.05, 3.63) is 28.8 Å². The summed E-state index contributed by atoms with van der Waals surface area (Å²) < 4.78 is 26.8. The van der Waals surface area contributed by atoms with Crippen LogP contribution in [0.5, 0.6) is 0 Å². The number of nitrogens with zero attached hydrogens (tertiary/aromatic N) is 1. The monoisotopic (exact) mass is 316 g/mol. The van der Waals surface area contributed by atoms with Gasteiger partial charge in [-0.05, 0) is 24.6 Å². The predicted molar refractivity (Wildman–Crippen MR) is 72.7 cm³/mol. The Hall–Kier alpha value is -1.44. The highest BCUT2D eigenvalue weighted by molar-refractivity contribution is 7.89. The lowest BCUT2D eigenvalue weighted by Crippen LogP contribution is -2.40. The van der Waals surface area contributed by atoms with Gasteiger partial charge in [0.2, 0.25) is 21.8 Å². The van der Waals surface area contributed by atoms with Crippen molar-refractivity contribution in [2.45, 2.75) is 24.3 Å². The van der Waals surface area contributed by atoms with Gasteiger partial charge in [0.15, 0.2) is 0 Å². The number of hydrogen-bond donors (Lipinski definition) is 1. The van der Waals surface area contributed by atoms with Gasteiger partial charge in [0, 0.05) is 12.1 Å². The van der Waals surface area contributed by atoms with Crippen molar-refractivity contribution in [3.63, 3.8) is 0 Å². The fraction of sp³-hybridized carbons (Fsp3) is 0.333. The van der Waals surface area contributed by atoms with Crippen LogP contribution < -0.4 is 4.72 Å². The van der Waals surface area contributed by atoms with Crippen LogP contribution in [0.1, 0.15) is 12.0 Å². The highest BCUT2D eigenvalue weighted by Gasteiger charge is 2.38. The van der Waals surface area contributed by atoms with Crippen molar-refractivity contribution in [1.29, 1.82) is 0 Å². The SMILES string of the molecule is Cc1c(Cl)cccc1S(=O)(=O)N[C@H]1CC(=O)N(C)C1=O. The molecule has 1 saturated heterocycles. The summed E-state index contributed by atoms with van der Waals surface area (Å²) in [5.74, 6) is -0.969. The third-order valence-electron chi connectivity index (χ3n) is 3.19. The van der Waals surface area contributed by atoms with Crippen molar-refractivity contribution in [1.82, 2.24) is 9.62 Å². The third kappa shape index (κ3) is 2.56. The third-order valence-corrected chi connectivity index (χ3v) is 5.21. The maximum absolute atomic E-state index is 12.3. The van der Waals surface area contributed by atoms with Gasteiger partial charge in [-0.2, -0.15) is 4.72 Å². The van der Waals surface area contributed by atoms with E-state index in [9.17, 15) is 18.0 Å². The van der Waals surface area contributed by atoms with Crippen molar-refractivity contribution in [2.24, 2.45) is 0 Å². The number of benzene rings is 1. The molecule has 1 fully saturated rings. The van der Waals surface area contributed by atoms with E-state index in [0.717, 1.165) is 4.90 Å². The molecule has 0 saturated carbocycles. The summed E-state index contributed by atoms with van der Waals surface area (Å²) in [5.41, 5.74) is 0.395. The molecule has 1 aromatic rings. The minimum atomic E-state index is -3.91. The molecule has 1 N–H and O–H groups in total. The smallest absolute Gasteiger partial charge is 0.247 e. The van der Waals surface area contributed by atoms with E-state index in [0.29, 0.717) is 10.6 Å². The predicted octanol–water partition coefficient (Wildman–Crippen LogP) is 0.684. The Bertz CT molecular complexity index is 687. The van der Waals surface area contributed by atoms with Gasteiger partial charge in [-0.25, -0.2) is 8.42 Å². The second kappa shape index (κ2) is 5.16. The number of likely N-dealkylation sites (N-methyl/N-ethyl adjacent to an activating group) is 1. The van der Waals surface area contributed by atoms with Crippen LogP contribution in [0.25, 0.3) is 0 Å². The highest BCUT2D eigenvalue weighted by atomic mass is 35.5. The summed E-state index contributed by atoms with van der Waals surface area (Å²) in [6.07, 6.45) is -0.172. The molecule has 0 radical (unpaired) electrons. The fourth-order valence-electron chi connectivity index (χ4n) is 1.98. The fourth-order valence-corrected chi connectivity index (χ4v) is 3.66. The molecule has 0 spiro atoms. The first-order valence-electron chi connectivity index (χ1n) is 5.82. The molecular weight excluding hydrogens is 304 g/mol. The topological polar surface area (TPSA) is 83.6 Å². The lowest BCUT2D eigenvalue weighted by atomic mass is 10.2. The molecule has 0 bridgehead atoms. The first-order valence-corrected chi connectivity index (χ1v) is 7.68. The second-order valence-electron chi connectivity index (χ2n) is 4.53. The van der Waals surface area contributed by atoms with E-state index in [2.05, 4.69) is 4.72 Å². The minimum absolute atomic E-state index is 0.000183. The van der Waals surface area contributed by atoms with E-state index in [1.807, 2.05) is 0 Å². The molecule has 6 nitrogen and oxygen atoms in total. The minimum Gasteiger partial charge on any atom is -0.284 e. The van der Waals surface area contributed by atoms with Gasteiger partial charge >= 0.3 is 0 Å². The number of imide groups is 1. The zero-order valence-electron chi connectivity index (χ0n) is 10.9. The van der Waals surface area contributed by atoms with Crippen LogP contribution in [0.2, 0.25) is 5.02 Å². The quantitative estimate of drug-likeness (QED) is 0.831. The van der Waals surface area contributed by atoms with E-state index >= 15 is 0 Å². The molecule has 1 aliphatic heterocycles. The molecule has 0 aromatic heterocycles. The first-order chi connectivity index (χ1) is 9.24. The zero-order valence-corrected chi connectivity index (χ0v) is 12.5. The number of rotatable bonds is 3. The van der Waals surface area contributed by atoms with Gasteiger partial charge in [0.25, 0.3) is 0 Å². The van der Waals surface area contributed by atoms with Gasteiger partial charge in [-0.3, -0.25) is 14.5 Å². The van der Waals surface area contributed by atoms with Gasteiger partial charge < -0.3 is 0 Å². The van der Waals surface area contributed by atoms with E-state index < -0.39 is 27.9 Å². The number of halogens is 1.